The topological polar surface area (TPSA) is 54.2 Å². The summed E-state index contributed by atoms with van der Waals surface area (Å²) in [6, 6.07) is 3.10. The Hall–Kier alpha value is -2.34. The standard InChI is InChI=1S/C23H32F2N2O2/c1-9-12-19(26-11-3)18-13-14-20(29-23(24,25)22(7,8)28)21(16(18)5)27-17(6)15(4)10-2/h9,11-15,28H,1,10H2,2-8H3/b19-12-,26-11?,27-17?. The molecule has 0 heterocycles. The largest absolute Gasteiger partial charge is 0.428 e. The van der Waals surface area contributed by atoms with Gasteiger partial charge in [-0.15, -0.1) is 0 Å². The zero-order valence-corrected chi connectivity index (χ0v) is 18.4. The first-order chi connectivity index (χ1) is 13.4. The number of ether oxygens (including phenoxy) is 1. The minimum absolute atomic E-state index is 0.0977. The number of allylic oxidation sites excluding steroid dienone is 2. The van der Waals surface area contributed by atoms with Crippen LogP contribution in [0.2, 0.25) is 0 Å². The maximum Gasteiger partial charge on any atom is 0.426 e. The van der Waals surface area contributed by atoms with E-state index in [1.807, 2.05) is 20.8 Å². The third-order valence-electron chi connectivity index (χ3n) is 4.78. The van der Waals surface area contributed by atoms with E-state index >= 15 is 0 Å². The minimum atomic E-state index is -3.79. The molecule has 0 aliphatic rings. The Morgan fingerprint density at radius 3 is 2.45 bits per heavy atom. The van der Waals surface area contributed by atoms with Gasteiger partial charge < -0.3 is 9.84 Å². The van der Waals surface area contributed by atoms with Crippen molar-refractivity contribution in [1.82, 2.24) is 0 Å². The summed E-state index contributed by atoms with van der Waals surface area (Å²) >= 11 is 0. The molecule has 0 amide bonds. The predicted molar refractivity (Wildman–Crippen MR) is 118 cm³/mol. The lowest BCUT2D eigenvalue weighted by atomic mass is 10.0. The molecule has 1 N–H and O–H groups in total. The first kappa shape index (κ1) is 24.7. The van der Waals surface area contributed by atoms with Crippen LogP contribution in [0.4, 0.5) is 14.5 Å². The smallest absolute Gasteiger partial charge is 0.426 e. The van der Waals surface area contributed by atoms with Crippen LogP contribution in [0.3, 0.4) is 0 Å². The number of halogens is 2. The van der Waals surface area contributed by atoms with Crippen LogP contribution in [0.5, 0.6) is 5.75 Å². The normalized spacial score (nSPS) is 15.0. The monoisotopic (exact) mass is 406 g/mol. The number of aliphatic imine (C=N–C) groups is 2. The molecule has 0 radical (unpaired) electrons. The highest BCUT2D eigenvalue weighted by molar-refractivity contribution is 5.89. The lowest BCUT2D eigenvalue weighted by Crippen LogP contribution is -2.47. The van der Waals surface area contributed by atoms with E-state index < -0.39 is 11.7 Å². The number of rotatable bonds is 9. The Morgan fingerprint density at radius 1 is 1.34 bits per heavy atom. The van der Waals surface area contributed by atoms with Crippen molar-refractivity contribution in [2.45, 2.75) is 66.6 Å². The van der Waals surface area contributed by atoms with Gasteiger partial charge in [-0.25, -0.2) is 0 Å². The first-order valence-electron chi connectivity index (χ1n) is 9.69. The van der Waals surface area contributed by atoms with Gasteiger partial charge in [0.1, 0.15) is 5.69 Å². The van der Waals surface area contributed by atoms with Crippen LogP contribution in [-0.2, 0) is 0 Å². The second kappa shape index (κ2) is 9.92. The molecule has 1 rings (SSSR count). The second-order valence-corrected chi connectivity index (χ2v) is 7.50. The molecule has 6 heteroatoms. The SMILES string of the molecule is C=C/C=C(\N=CC)c1ccc(OC(F)(F)C(C)(C)O)c(N=C(C)C(C)CC)c1C. The molecule has 1 aromatic rings. The average molecular weight is 407 g/mol. The summed E-state index contributed by atoms with van der Waals surface area (Å²) in [7, 11) is 0. The molecule has 0 aliphatic carbocycles. The van der Waals surface area contributed by atoms with Crippen LogP contribution in [0.1, 0.15) is 59.1 Å². The van der Waals surface area contributed by atoms with Gasteiger partial charge in [0, 0.05) is 17.5 Å². The molecule has 0 bridgehead atoms. The van der Waals surface area contributed by atoms with Crippen LogP contribution in [0.25, 0.3) is 5.70 Å². The molecular weight excluding hydrogens is 374 g/mol. The van der Waals surface area contributed by atoms with Gasteiger partial charge in [-0.05, 0) is 70.7 Å². The number of nitrogens with zero attached hydrogens (tertiary/aromatic N) is 2. The van der Waals surface area contributed by atoms with Crippen molar-refractivity contribution in [2.24, 2.45) is 15.9 Å². The van der Waals surface area contributed by atoms with Crippen molar-refractivity contribution in [3.8, 4) is 5.75 Å². The molecule has 160 valence electrons. The van der Waals surface area contributed by atoms with Crippen LogP contribution >= 0.6 is 0 Å². The lowest BCUT2D eigenvalue weighted by Gasteiger charge is -2.29. The van der Waals surface area contributed by atoms with Crippen molar-refractivity contribution in [3.05, 3.63) is 42.0 Å². The molecule has 0 saturated carbocycles. The summed E-state index contributed by atoms with van der Waals surface area (Å²) in [5.74, 6) is 0.0806. The number of aliphatic hydroxyl groups is 1. The molecule has 0 fully saturated rings. The predicted octanol–water partition coefficient (Wildman–Crippen LogP) is 6.49. The fourth-order valence-corrected chi connectivity index (χ4v) is 2.47. The number of benzene rings is 1. The molecular formula is C23H32F2N2O2. The third kappa shape index (κ3) is 6.07. The summed E-state index contributed by atoms with van der Waals surface area (Å²) in [5, 5.41) is 9.81. The van der Waals surface area contributed by atoms with E-state index in [-0.39, 0.29) is 11.7 Å². The van der Waals surface area contributed by atoms with Gasteiger partial charge >= 0.3 is 6.11 Å². The van der Waals surface area contributed by atoms with E-state index in [1.165, 1.54) is 6.07 Å². The van der Waals surface area contributed by atoms with Gasteiger partial charge in [-0.3, -0.25) is 9.98 Å². The molecule has 0 saturated heterocycles. The molecule has 1 aromatic carbocycles. The molecule has 0 aromatic heterocycles. The van der Waals surface area contributed by atoms with Crippen LogP contribution in [0.15, 0.2) is 40.8 Å². The second-order valence-electron chi connectivity index (χ2n) is 7.50. The number of hydrogen-bond acceptors (Lipinski definition) is 4. The molecule has 0 aliphatic heterocycles. The highest BCUT2D eigenvalue weighted by atomic mass is 19.3. The van der Waals surface area contributed by atoms with E-state index in [1.54, 1.807) is 38.3 Å². The van der Waals surface area contributed by atoms with E-state index in [2.05, 4.69) is 16.6 Å². The maximum absolute atomic E-state index is 14.4. The van der Waals surface area contributed by atoms with Gasteiger partial charge in [-0.2, -0.15) is 8.78 Å². The Labute approximate surface area is 172 Å². The first-order valence-corrected chi connectivity index (χ1v) is 9.69. The molecule has 4 nitrogen and oxygen atoms in total. The zero-order valence-electron chi connectivity index (χ0n) is 18.4. The van der Waals surface area contributed by atoms with Crippen molar-refractivity contribution in [2.75, 3.05) is 0 Å². The zero-order chi connectivity index (χ0) is 22.4. The third-order valence-corrected chi connectivity index (χ3v) is 4.78. The minimum Gasteiger partial charge on any atom is -0.428 e. The highest BCUT2D eigenvalue weighted by Crippen LogP contribution is 2.41. The van der Waals surface area contributed by atoms with E-state index in [0.29, 0.717) is 16.9 Å². The Morgan fingerprint density at radius 2 is 1.97 bits per heavy atom. The van der Waals surface area contributed by atoms with Crippen molar-refractivity contribution < 1.29 is 18.6 Å². The highest BCUT2D eigenvalue weighted by Gasteiger charge is 2.49. The van der Waals surface area contributed by atoms with Gasteiger partial charge in [0.25, 0.3) is 0 Å². The van der Waals surface area contributed by atoms with Crippen molar-refractivity contribution >= 4 is 23.3 Å². The lowest BCUT2D eigenvalue weighted by molar-refractivity contribution is -0.276. The van der Waals surface area contributed by atoms with Gasteiger partial charge in [0.15, 0.2) is 11.4 Å². The Bertz CT molecular complexity index is 819. The number of alkyl halides is 2. The van der Waals surface area contributed by atoms with Gasteiger partial charge in [0.2, 0.25) is 0 Å². The molecule has 29 heavy (non-hydrogen) atoms. The van der Waals surface area contributed by atoms with Crippen molar-refractivity contribution in [1.29, 1.82) is 0 Å². The fraction of sp³-hybridized carbons (Fsp3) is 0.478. The van der Waals surface area contributed by atoms with Crippen LogP contribution in [-0.4, -0.2) is 28.7 Å². The van der Waals surface area contributed by atoms with E-state index in [4.69, 9.17) is 4.74 Å². The Balaban J connectivity index is 3.72. The van der Waals surface area contributed by atoms with E-state index in [0.717, 1.165) is 31.5 Å². The van der Waals surface area contributed by atoms with Crippen molar-refractivity contribution in [3.63, 3.8) is 0 Å². The van der Waals surface area contributed by atoms with E-state index in [9.17, 15) is 13.9 Å². The molecule has 1 unspecified atom stereocenters. The summed E-state index contributed by atoms with van der Waals surface area (Å²) < 4.78 is 33.8. The summed E-state index contributed by atoms with van der Waals surface area (Å²) in [5.41, 5.74) is 0.765. The summed E-state index contributed by atoms with van der Waals surface area (Å²) in [4.78, 5) is 8.98. The molecule has 1 atom stereocenters. The summed E-state index contributed by atoms with van der Waals surface area (Å²) in [6.07, 6.45) is 2.07. The quantitative estimate of drug-likeness (QED) is 0.376. The number of hydrogen-bond donors (Lipinski definition) is 1. The van der Waals surface area contributed by atoms with Crippen LogP contribution in [0, 0.1) is 12.8 Å². The fourth-order valence-electron chi connectivity index (χ4n) is 2.47. The van der Waals surface area contributed by atoms with Gasteiger partial charge in [0.05, 0.1) is 5.70 Å². The molecule has 0 spiro atoms. The Kier molecular flexibility index (Phi) is 8.45. The summed E-state index contributed by atoms with van der Waals surface area (Å²) in [6.45, 7) is 15.2. The van der Waals surface area contributed by atoms with Gasteiger partial charge in [-0.1, -0.05) is 26.5 Å². The van der Waals surface area contributed by atoms with Crippen LogP contribution < -0.4 is 4.74 Å². The maximum atomic E-state index is 14.4. The average Bonchev–Trinajstić information content (AvgIpc) is 2.62.